The Morgan fingerprint density at radius 1 is 1.04 bits per heavy atom. The van der Waals surface area contributed by atoms with Crippen molar-refractivity contribution in [2.24, 2.45) is 0 Å². The maximum absolute atomic E-state index is 12.3. The topological polar surface area (TPSA) is 89.0 Å². The number of rotatable bonds is 4. The van der Waals surface area contributed by atoms with E-state index in [1.165, 1.54) is 30.5 Å². The van der Waals surface area contributed by atoms with Gasteiger partial charge in [-0.15, -0.1) is 0 Å². The van der Waals surface area contributed by atoms with Crippen LogP contribution < -0.4 is 5.32 Å². The van der Waals surface area contributed by atoms with E-state index in [-0.39, 0.29) is 10.8 Å². The summed E-state index contributed by atoms with van der Waals surface area (Å²) in [7, 11) is -3.27. The number of amides is 1. The second-order valence-corrected chi connectivity index (χ2v) is 7.94. The Morgan fingerprint density at radius 3 is 2.35 bits per heavy atom. The molecule has 6 nitrogen and oxygen atoms in total. The monoisotopic (exact) mass is 387 g/mol. The van der Waals surface area contributed by atoms with Crippen molar-refractivity contribution in [2.75, 3.05) is 11.6 Å². The molecule has 2 heterocycles. The fraction of sp³-hybridized carbons (Fsp3) is 0.0556. The lowest BCUT2D eigenvalue weighted by molar-refractivity contribution is 0.102. The third kappa shape index (κ3) is 4.07. The molecule has 0 bridgehead atoms. The smallest absolute Gasteiger partial charge is 0.257 e. The molecule has 0 atom stereocenters. The molecule has 0 aliphatic heterocycles. The highest BCUT2D eigenvalue weighted by atomic mass is 35.5. The van der Waals surface area contributed by atoms with E-state index < -0.39 is 9.84 Å². The highest BCUT2D eigenvalue weighted by Crippen LogP contribution is 2.23. The fourth-order valence-electron chi connectivity index (χ4n) is 2.23. The summed E-state index contributed by atoms with van der Waals surface area (Å²) in [5.74, 6) is -0.358. The molecule has 0 saturated heterocycles. The van der Waals surface area contributed by atoms with Crippen molar-refractivity contribution < 1.29 is 13.2 Å². The van der Waals surface area contributed by atoms with Gasteiger partial charge in [0.25, 0.3) is 5.91 Å². The average Bonchev–Trinajstić information content (AvgIpc) is 2.62. The Kier molecular flexibility index (Phi) is 5.01. The normalized spacial score (nSPS) is 11.2. The minimum absolute atomic E-state index is 0.189. The molecule has 0 aliphatic rings. The Hall–Kier alpha value is -2.77. The molecule has 3 aromatic rings. The van der Waals surface area contributed by atoms with Gasteiger partial charge in [-0.05, 0) is 48.5 Å². The van der Waals surface area contributed by atoms with E-state index in [1.807, 2.05) is 0 Å². The van der Waals surface area contributed by atoms with E-state index >= 15 is 0 Å². The van der Waals surface area contributed by atoms with Crippen LogP contribution in [-0.2, 0) is 9.84 Å². The first-order valence-electron chi connectivity index (χ1n) is 7.53. The van der Waals surface area contributed by atoms with Crippen LogP contribution in [0.2, 0.25) is 5.02 Å². The first kappa shape index (κ1) is 18.0. The van der Waals surface area contributed by atoms with Crippen molar-refractivity contribution in [3.05, 3.63) is 71.5 Å². The molecule has 0 saturated carbocycles. The van der Waals surface area contributed by atoms with Crippen molar-refractivity contribution in [1.29, 1.82) is 0 Å². The van der Waals surface area contributed by atoms with Gasteiger partial charge in [-0.25, -0.2) is 8.42 Å². The lowest BCUT2D eigenvalue weighted by Gasteiger charge is -2.07. The third-order valence-electron chi connectivity index (χ3n) is 3.57. The minimum Gasteiger partial charge on any atom is -0.322 e. The average molecular weight is 388 g/mol. The van der Waals surface area contributed by atoms with Gasteiger partial charge in [-0.2, -0.15) is 0 Å². The summed E-state index contributed by atoms with van der Waals surface area (Å²) >= 11 is 6.09. The first-order valence-corrected chi connectivity index (χ1v) is 9.80. The molecule has 1 N–H and O–H groups in total. The molecule has 0 fully saturated rings. The van der Waals surface area contributed by atoms with Gasteiger partial charge < -0.3 is 5.32 Å². The largest absolute Gasteiger partial charge is 0.322 e. The number of sulfone groups is 1. The van der Waals surface area contributed by atoms with E-state index in [0.717, 1.165) is 6.26 Å². The van der Waals surface area contributed by atoms with Gasteiger partial charge in [0.15, 0.2) is 9.84 Å². The second-order valence-electron chi connectivity index (χ2n) is 5.52. The summed E-state index contributed by atoms with van der Waals surface area (Å²) in [5, 5.41) is 3.17. The number of nitrogens with one attached hydrogen (secondary N) is 1. The molecule has 0 spiro atoms. The number of hydrogen-bond acceptors (Lipinski definition) is 5. The molecular weight excluding hydrogens is 374 g/mol. The standard InChI is InChI=1S/C18H14ClN3O3S/c1-26(24,25)14-7-5-13(6-8-14)22-18(23)12-4-9-16(21-11-12)17-15(19)3-2-10-20-17/h2-11H,1H3,(H,22,23). The summed E-state index contributed by atoms with van der Waals surface area (Å²) < 4.78 is 22.9. The summed E-state index contributed by atoms with van der Waals surface area (Å²) in [4.78, 5) is 20.9. The van der Waals surface area contributed by atoms with E-state index in [4.69, 9.17) is 11.6 Å². The van der Waals surface area contributed by atoms with Crippen molar-refractivity contribution in [2.45, 2.75) is 4.90 Å². The number of carbonyl (C=O) groups excluding carboxylic acids is 1. The summed E-state index contributed by atoms with van der Waals surface area (Å²) in [6.45, 7) is 0. The van der Waals surface area contributed by atoms with Crippen LogP contribution in [0.25, 0.3) is 11.4 Å². The van der Waals surface area contributed by atoms with Gasteiger partial charge in [-0.3, -0.25) is 14.8 Å². The maximum Gasteiger partial charge on any atom is 0.257 e. The van der Waals surface area contributed by atoms with Gasteiger partial charge >= 0.3 is 0 Å². The third-order valence-corrected chi connectivity index (χ3v) is 5.00. The Morgan fingerprint density at radius 2 is 1.77 bits per heavy atom. The van der Waals surface area contributed by atoms with Gasteiger partial charge in [0, 0.05) is 24.3 Å². The fourth-order valence-corrected chi connectivity index (χ4v) is 3.08. The number of pyridine rings is 2. The van der Waals surface area contributed by atoms with Crippen LogP contribution in [0, 0.1) is 0 Å². The van der Waals surface area contributed by atoms with Crippen LogP contribution in [0.5, 0.6) is 0 Å². The van der Waals surface area contributed by atoms with Gasteiger partial charge in [0.05, 0.1) is 21.2 Å². The van der Waals surface area contributed by atoms with E-state index in [1.54, 1.807) is 30.5 Å². The van der Waals surface area contributed by atoms with E-state index in [0.29, 0.717) is 27.7 Å². The predicted octanol–water partition coefficient (Wildman–Crippen LogP) is 3.45. The first-order chi connectivity index (χ1) is 12.3. The van der Waals surface area contributed by atoms with E-state index in [2.05, 4.69) is 15.3 Å². The van der Waals surface area contributed by atoms with Crippen LogP contribution >= 0.6 is 11.6 Å². The van der Waals surface area contributed by atoms with Crippen molar-refractivity contribution in [1.82, 2.24) is 9.97 Å². The molecule has 0 aliphatic carbocycles. The summed E-state index contributed by atoms with van der Waals surface area (Å²) in [6.07, 6.45) is 4.17. The second kappa shape index (κ2) is 7.23. The highest BCUT2D eigenvalue weighted by molar-refractivity contribution is 7.90. The number of halogens is 1. The molecule has 1 aromatic carbocycles. The van der Waals surface area contributed by atoms with Crippen molar-refractivity contribution in [3.8, 4) is 11.4 Å². The molecule has 0 unspecified atom stereocenters. The molecule has 26 heavy (non-hydrogen) atoms. The number of benzene rings is 1. The predicted molar refractivity (Wildman–Crippen MR) is 100.0 cm³/mol. The maximum atomic E-state index is 12.3. The number of aromatic nitrogens is 2. The van der Waals surface area contributed by atoms with Gasteiger partial charge in [0.1, 0.15) is 5.69 Å². The number of carbonyl (C=O) groups is 1. The molecule has 1 amide bonds. The summed E-state index contributed by atoms with van der Waals surface area (Å²) in [5.41, 5.74) is 1.94. The Labute approximate surface area is 155 Å². The lowest BCUT2D eigenvalue weighted by atomic mass is 10.2. The van der Waals surface area contributed by atoms with Crippen LogP contribution in [0.3, 0.4) is 0 Å². The Bertz CT molecular complexity index is 1050. The van der Waals surface area contributed by atoms with Crippen LogP contribution in [0.15, 0.2) is 65.8 Å². The van der Waals surface area contributed by atoms with Crippen LogP contribution in [-0.4, -0.2) is 30.5 Å². The Balaban J connectivity index is 1.75. The number of anilines is 1. The molecule has 2 aromatic heterocycles. The molecule has 3 rings (SSSR count). The zero-order chi connectivity index (χ0) is 18.7. The van der Waals surface area contributed by atoms with Crippen LogP contribution in [0.1, 0.15) is 10.4 Å². The number of nitrogens with zero attached hydrogens (tertiary/aromatic N) is 2. The van der Waals surface area contributed by atoms with Crippen molar-refractivity contribution in [3.63, 3.8) is 0 Å². The quantitative estimate of drug-likeness (QED) is 0.740. The molecular formula is C18H14ClN3O3S. The van der Waals surface area contributed by atoms with Gasteiger partial charge in [-0.1, -0.05) is 11.6 Å². The zero-order valence-corrected chi connectivity index (χ0v) is 15.3. The van der Waals surface area contributed by atoms with Crippen molar-refractivity contribution >= 4 is 33.0 Å². The summed E-state index contributed by atoms with van der Waals surface area (Å²) in [6, 6.07) is 12.7. The number of hydrogen-bond donors (Lipinski definition) is 1. The molecule has 8 heteroatoms. The van der Waals surface area contributed by atoms with E-state index in [9.17, 15) is 13.2 Å². The lowest BCUT2D eigenvalue weighted by Crippen LogP contribution is -2.12. The SMILES string of the molecule is CS(=O)(=O)c1ccc(NC(=O)c2ccc(-c3ncccc3Cl)nc2)cc1. The highest BCUT2D eigenvalue weighted by Gasteiger charge is 2.11. The van der Waals surface area contributed by atoms with Gasteiger partial charge in [0.2, 0.25) is 0 Å². The van der Waals surface area contributed by atoms with Crippen LogP contribution in [0.4, 0.5) is 5.69 Å². The molecule has 0 radical (unpaired) electrons. The minimum atomic E-state index is -3.27. The molecule has 132 valence electrons. The zero-order valence-electron chi connectivity index (χ0n) is 13.7.